The standard InChI is InChI=1S/C25H29N3O5/c1-6-32-22-12-17(8-10-21(22)33-15(2)3)24(25(30)31-5)28-20-9-7-18-14-26-23(27-16(4)29)13-19(18)11-20/h7-15,24,28H,6H2,1-5H3,(H,26,27,29). The number of anilines is 2. The summed E-state index contributed by atoms with van der Waals surface area (Å²) in [6.45, 7) is 7.66. The number of nitrogens with one attached hydrogen (secondary N) is 2. The highest BCUT2D eigenvalue weighted by Gasteiger charge is 2.23. The summed E-state index contributed by atoms with van der Waals surface area (Å²) in [5.41, 5.74) is 1.38. The number of aromatic nitrogens is 1. The van der Waals surface area contributed by atoms with Crippen LogP contribution in [0.25, 0.3) is 10.8 Å². The van der Waals surface area contributed by atoms with E-state index in [1.165, 1.54) is 14.0 Å². The molecule has 0 spiro atoms. The lowest BCUT2D eigenvalue weighted by Crippen LogP contribution is -2.22. The van der Waals surface area contributed by atoms with Gasteiger partial charge in [-0.15, -0.1) is 0 Å². The van der Waals surface area contributed by atoms with Crippen LogP contribution >= 0.6 is 0 Å². The second-order valence-electron chi connectivity index (χ2n) is 7.72. The first kappa shape index (κ1) is 23.8. The zero-order valence-corrected chi connectivity index (χ0v) is 19.5. The maximum Gasteiger partial charge on any atom is 0.332 e. The Labute approximate surface area is 193 Å². The predicted octanol–water partition coefficient (Wildman–Crippen LogP) is 4.71. The van der Waals surface area contributed by atoms with E-state index in [1.807, 2.05) is 45.0 Å². The molecule has 0 fully saturated rings. The van der Waals surface area contributed by atoms with Gasteiger partial charge in [0.25, 0.3) is 0 Å². The van der Waals surface area contributed by atoms with Gasteiger partial charge in [-0.05, 0) is 62.1 Å². The molecule has 1 amide bonds. The molecule has 1 aromatic heterocycles. The van der Waals surface area contributed by atoms with Crippen molar-refractivity contribution in [2.75, 3.05) is 24.4 Å². The number of amides is 1. The molecule has 1 heterocycles. The summed E-state index contributed by atoms with van der Waals surface area (Å²) < 4.78 is 16.6. The summed E-state index contributed by atoms with van der Waals surface area (Å²) >= 11 is 0. The molecule has 3 rings (SSSR count). The molecule has 0 aliphatic rings. The molecule has 1 atom stereocenters. The van der Waals surface area contributed by atoms with E-state index in [0.717, 1.165) is 10.8 Å². The average molecular weight is 452 g/mol. The number of rotatable bonds is 9. The normalized spacial score (nSPS) is 11.7. The van der Waals surface area contributed by atoms with E-state index in [1.54, 1.807) is 24.4 Å². The molecule has 1 unspecified atom stereocenters. The minimum absolute atomic E-state index is 0.0148. The van der Waals surface area contributed by atoms with E-state index >= 15 is 0 Å². The van der Waals surface area contributed by atoms with Gasteiger partial charge in [0, 0.05) is 24.2 Å². The van der Waals surface area contributed by atoms with Crippen LogP contribution in [0.15, 0.2) is 48.7 Å². The quantitative estimate of drug-likeness (QED) is 0.455. The van der Waals surface area contributed by atoms with Crippen molar-refractivity contribution in [2.24, 2.45) is 0 Å². The highest BCUT2D eigenvalue weighted by Crippen LogP contribution is 2.33. The van der Waals surface area contributed by atoms with Crippen LogP contribution in [0.4, 0.5) is 11.5 Å². The SMILES string of the molecule is CCOc1cc(C(Nc2ccc3cnc(NC(C)=O)cc3c2)C(=O)OC)ccc1OC(C)C. The summed E-state index contributed by atoms with van der Waals surface area (Å²) in [6, 6.07) is 12.0. The third-order valence-corrected chi connectivity index (χ3v) is 4.74. The van der Waals surface area contributed by atoms with Gasteiger partial charge in [0.15, 0.2) is 17.5 Å². The summed E-state index contributed by atoms with van der Waals surface area (Å²) in [6.07, 6.45) is 1.67. The molecule has 174 valence electrons. The fourth-order valence-corrected chi connectivity index (χ4v) is 3.37. The topological polar surface area (TPSA) is 98.8 Å². The predicted molar refractivity (Wildman–Crippen MR) is 128 cm³/mol. The smallest absolute Gasteiger partial charge is 0.332 e. The molecule has 3 aromatic rings. The van der Waals surface area contributed by atoms with Crippen LogP contribution in [0, 0.1) is 0 Å². The first-order valence-corrected chi connectivity index (χ1v) is 10.8. The van der Waals surface area contributed by atoms with Crippen LogP contribution in [0.3, 0.4) is 0 Å². The monoisotopic (exact) mass is 451 g/mol. The minimum atomic E-state index is -0.767. The number of fused-ring (bicyclic) bond motifs is 1. The summed E-state index contributed by atoms with van der Waals surface area (Å²) in [5.74, 6) is 0.992. The molecule has 8 nitrogen and oxygen atoms in total. The number of hydrogen-bond donors (Lipinski definition) is 2. The lowest BCUT2D eigenvalue weighted by molar-refractivity contribution is -0.141. The Balaban J connectivity index is 1.95. The lowest BCUT2D eigenvalue weighted by Gasteiger charge is -2.21. The van der Waals surface area contributed by atoms with E-state index in [4.69, 9.17) is 14.2 Å². The Hall–Kier alpha value is -3.81. The molecule has 0 aliphatic carbocycles. The second-order valence-corrected chi connectivity index (χ2v) is 7.72. The molecule has 0 radical (unpaired) electrons. The maximum atomic E-state index is 12.7. The summed E-state index contributed by atoms with van der Waals surface area (Å²) in [7, 11) is 1.35. The first-order chi connectivity index (χ1) is 15.8. The highest BCUT2D eigenvalue weighted by atomic mass is 16.5. The number of carbonyl (C=O) groups excluding carboxylic acids is 2. The Bertz CT molecular complexity index is 1150. The van der Waals surface area contributed by atoms with Gasteiger partial charge >= 0.3 is 5.97 Å². The van der Waals surface area contributed by atoms with Crippen LogP contribution in [0.1, 0.15) is 39.3 Å². The molecule has 0 bridgehead atoms. The van der Waals surface area contributed by atoms with E-state index in [2.05, 4.69) is 15.6 Å². The van der Waals surface area contributed by atoms with Gasteiger partial charge in [-0.1, -0.05) is 12.1 Å². The third-order valence-electron chi connectivity index (χ3n) is 4.74. The zero-order valence-electron chi connectivity index (χ0n) is 19.5. The van der Waals surface area contributed by atoms with E-state index in [-0.39, 0.29) is 12.0 Å². The minimum Gasteiger partial charge on any atom is -0.490 e. The number of hydrogen-bond acceptors (Lipinski definition) is 7. The van der Waals surface area contributed by atoms with Gasteiger partial charge in [0.2, 0.25) is 5.91 Å². The second kappa shape index (κ2) is 10.7. The lowest BCUT2D eigenvalue weighted by atomic mass is 10.0. The number of methoxy groups -OCH3 is 1. The molecule has 2 N–H and O–H groups in total. The maximum absolute atomic E-state index is 12.7. The molecule has 33 heavy (non-hydrogen) atoms. The van der Waals surface area contributed by atoms with Crippen molar-refractivity contribution in [1.82, 2.24) is 4.98 Å². The average Bonchev–Trinajstić information content (AvgIpc) is 2.77. The van der Waals surface area contributed by atoms with Crippen molar-refractivity contribution >= 4 is 34.2 Å². The summed E-state index contributed by atoms with van der Waals surface area (Å²) in [4.78, 5) is 28.3. The number of pyridine rings is 1. The van der Waals surface area contributed by atoms with Crippen molar-refractivity contribution in [3.05, 3.63) is 54.2 Å². The fourth-order valence-electron chi connectivity index (χ4n) is 3.37. The van der Waals surface area contributed by atoms with Gasteiger partial charge < -0.3 is 24.8 Å². The summed E-state index contributed by atoms with van der Waals surface area (Å²) in [5, 5.41) is 7.69. The van der Waals surface area contributed by atoms with Gasteiger partial charge in [-0.2, -0.15) is 0 Å². The van der Waals surface area contributed by atoms with E-state index in [0.29, 0.717) is 35.2 Å². The van der Waals surface area contributed by atoms with Gasteiger partial charge in [0.05, 0.1) is 19.8 Å². The number of ether oxygens (including phenoxy) is 3. The Kier molecular flexibility index (Phi) is 7.71. The zero-order chi connectivity index (χ0) is 24.0. The Morgan fingerprint density at radius 3 is 2.48 bits per heavy atom. The van der Waals surface area contributed by atoms with Gasteiger partial charge in [0.1, 0.15) is 5.82 Å². The molecular weight excluding hydrogens is 422 g/mol. The Morgan fingerprint density at radius 1 is 1.03 bits per heavy atom. The third kappa shape index (κ3) is 6.12. The fraction of sp³-hybridized carbons (Fsp3) is 0.320. The number of carbonyl (C=O) groups is 2. The van der Waals surface area contributed by atoms with E-state index < -0.39 is 12.0 Å². The molecular formula is C25H29N3O5. The number of nitrogens with zero attached hydrogens (tertiary/aromatic N) is 1. The molecule has 2 aromatic carbocycles. The van der Waals surface area contributed by atoms with Gasteiger partial charge in [-0.3, -0.25) is 4.79 Å². The number of benzene rings is 2. The van der Waals surface area contributed by atoms with Crippen molar-refractivity contribution in [3.63, 3.8) is 0 Å². The van der Waals surface area contributed by atoms with Gasteiger partial charge in [-0.25, -0.2) is 9.78 Å². The van der Waals surface area contributed by atoms with Crippen molar-refractivity contribution in [2.45, 2.75) is 39.8 Å². The molecule has 0 saturated carbocycles. The van der Waals surface area contributed by atoms with Crippen LogP contribution in [0.2, 0.25) is 0 Å². The molecule has 0 saturated heterocycles. The molecule has 8 heteroatoms. The van der Waals surface area contributed by atoms with Crippen LogP contribution in [-0.2, 0) is 14.3 Å². The Morgan fingerprint density at radius 2 is 1.82 bits per heavy atom. The highest BCUT2D eigenvalue weighted by molar-refractivity contribution is 5.92. The van der Waals surface area contributed by atoms with Crippen molar-refractivity contribution in [1.29, 1.82) is 0 Å². The largest absolute Gasteiger partial charge is 0.490 e. The molecule has 0 aliphatic heterocycles. The van der Waals surface area contributed by atoms with Crippen LogP contribution < -0.4 is 20.1 Å². The van der Waals surface area contributed by atoms with E-state index in [9.17, 15) is 9.59 Å². The van der Waals surface area contributed by atoms with Crippen LogP contribution in [-0.4, -0.2) is 36.7 Å². The van der Waals surface area contributed by atoms with Crippen molar-refractivity contribution < 1.29 is 23.8 Å². The first-order valence-electron chi connectivity index (χ1n) is 10.8. The van der Waals surface area contributed by atoms with Crippen LogP contribution in [0.5, 0.6) is 11.5 Å². The number of esters is 1. The van der Waals surface area contributed by atoms with Crippen molar-refractivity contribution in [3.8, 4) is 11.5 Å².